The first-order valence-corrected chi connectivity index (χ1v) is 6.52. The van der Waals surface area contributed by atoms with Crippen LogP contribution in [0.25, 0.3) is 0 Å². The highest BCUT2D eigenvalue weighted by Gasteiger charge is 2.11. The number of nitrogens with zero attached hydrogens (tertiary/aromatic N) is 1. The Kier molecular flexibility index (Phi) is 6.24. The maximum atomic E-state index is 13.6. The molecule has 0 heterocycles. The average Bonchev–Trinajstić information content (AvgIpc) is 2.38. The van der Waals surface area contributed by atoms with Crippen LogP contribution in [0.15, 0.2) is 18.2 Å². The van der Waals surface area contributed by atoms with E-state index in [0.717, 1.165) is 0 Å². The fourth-order valence-corrected chi connectivity index (χ4v) is 1.72. The number of urea groups is 1. The summed E-state index contributed by atoms with van der Waals surface area (Å²) in [5, 5.41) is 11.8. The second kappa shape index (κ2) is 7.69. The smallest absolute Gasteiger partial charge is 0.317 e. The number of hydrogen-bond acceptors (Lipinski definition) is 3. The summed E-state index contributed by atoms with van der Waals surface area (Å²) in [6.07, 6.45) is -0.589. The number of benzene rings is 1. The quantitative estimate of drug-likeness (QED) is 0.836. The summed E-state index contributed by atoms with van der Waals surface area (Å²) in [5.41, 5.74) is 0.643. The van der Waals surface area contributed by atoms with E-state index in [-0.39, 0.29) is 24.9 Å². The lowest BCUT2D eigenvalue weighted by molar-refractivity contribution is 0.143. The molecule has 0 aromatic heterocycles. The fraction of sp³-hybridized carbons (Fsp3) is 0.500. The van der Waals surface area contributed by atoms with Crippen molar-refractivity contribution in [2.24, 2.45) is 0 Å². The van der Waals surface area contributed by atoms with Gasteiger partial charge in [-0.15, -0.1) is 0 Å². The van der Waals surface area contributed by atoms with E-state index in [9.17, 15) is 14.3 Å². The number of carbonyl (C=O) groups is 1. The van der Waals surface area contributed by atoms with Crippen LogP contribution in [-0.2, 0) is 6.54 Å². The molecule has 0 bridgehead atoms. The lowest BCUT2D eigenvalue weighted by Gasteiger charge is -2.19. The van der Waals surface area contributed by atoms with E-state index < -0.39 is 11.9 Å². The Hall–Kier alpha value is -1.82. The maximum Gasteiger partial charge on any atom is 0.317 e. The molecule has 112 valence electrons. The summed E-state index contributed by atoms with van der Waals surface area (Å²) in [7, 11) is 1.58. The predicted molar refractivity (Wildman–Crippen MR) is 74.1 cm³/mol. The number of rotatable bonds is 6. The minimum absolute atomic E-state index is 0.203. The molecule has 0 radical (unpaired) electrons. The molecule has 0 saturated heterocycles. The highest BCUT2D eigenvalue weighted by Crippen LogP contribution is 2.18. The average molecular weight is 284 g/mol. The first-order chi connectivity index (χ1) is 9.43. The Labute approximate surface area is 118 Å². The number of aliphatic hydroxyl groups is 1. The summed E-state index contributed by atoms with van der Waals surface area (Å²) in [6.45, 7) is 4.24. The molecule has 2 N–H and O–H groups in total. The van der Waals surface area contributed by atoms with Gasteiger partial charge in [-0.05, 0) is 31.5 Å². The molecule has 20 heavy (non-hydrogen) atoms. The van der Waals surface area contributed by atoms with Crippen LogP contribution in [-0.4, -0.2) is 42.3 Å². The third kappa shape index (κ3) is 5.05. The normalized spacial score (nSPS) is 11.8. The van der Waals surface area contributed by atoms with Crippen LogP contribution in [0.2, 0.25) is 0 Å². The van der Waals surface area contributed by atoms with Crippen LogP contribution in [0.3, 0.4) is 0 Å². The molecule has 2 amide bonds. The van der Waals surface area contributed by atoms with Gasteiger partial charge in [-0.25, -0.2) is 9.18 Å². The molecule has 1 unspecified atom stereocenters. The standard InChI is InChI=1S/C14H21FN2O3/c1-4-20-13-6-5-11(7-12(13)15)8-16-14(19)17(3)9-10(2)18/h5-7,10,18H,4,8-9H2,1-3H3,(H,16,19). The van der Waals surface area contributed by atoms with Crippen molar-refractivity contribution < 1.29 is 19.0 Å². The van der Waals surface area contributed by atoms with Crippen molar-refractivity contribution in [3.63, 3.8) is 0 Å². The van der Waals surface area contributed by atoms with Gasteiger partial charge in [-0.2, -0.15) is 0 Å². The first kappa shape index (κ1) is 16.2. The molecule has 1 aromatic carbocycles. The Morgan fingerprint density at radius 3 is 2.80 bits per heavy atom. The molecule has 0 aliphatic heterocycles. The topological polar surface area (TPSA) is 61.8 Å². The molecule has 0 spiro atoms. The summed E-state index contributed by atoms with van der Waals surface area (Å²) in [6, 6.07) is 4.25. The zero-order valence-electron chi connectivity index (χ0n) is 12.0. The molecule has 0 aliphatic rings. The number of aliphatic hydroxyl groups excluding tert-OH is 1. The molecule has 6 heteroatoms. The van der Waals surface area contributed by atoms with Crippen molar-refractivity contribution in [3.05, 3.63) is 29.6 Å². The van der Waals surface area contributed by atoms with Gasteiger partial charge in [0.1, 0.15) is 0 Å². The molecule has 0 fully saturated rings. The van der Waals surface area contributed by atoms with Crippen molar-refractivity contribution in [1.82, 2.24) is 10.2 Å². The third-order valence-corrected chi connectivity index (χ3v) is 2.62. The number of amides is 2. The molecule has 5 nitrogen and oxygen atoms in total. The molecular weight excluding hydrogens is 263 g/mol. The van der Waals surface area contributed by atoms with Crippen molar-refractivity contribution in [2.75, 3.05) is 20.2 Å². The van der Waals surface area contributed by atoms with Crippen LogP contribution >= 0.6 is 0 Å². The van der Waals surface area contributed by atoms with Crippen LogP contribution in [0, 0.1) is 5.82 Å². The fourth-order valence-electron chi connectivity index (χ4n) is 1.72. The highest BCUT2D eigenvalue weighted by molar-refractivity contribution is 5.73. The van der Waals surface area contributed by atoms with E-state index in [1.165, 1.54) is 11.0 Å². The summed E-state index contributed by atoms with van der Waals surface area (Å²) >= 11 is 0. The van der Waals surface area contributed by atoms with Crippen molar-refractivity contribution in [3.8, 4) is 5.75 Å². The molecule has 1 rings (SSSR count). The summed E-state index contributed by atoms with van der Waals surface area (Å²) < 4.78 is 18.7. The van der Waals surface area contributed by atoms with Crippen LogP contribution in [0.4, 0.5) is 9.18 Å². The Bertz CT molecular complexity index is 452. The van der Waals surface area contributed by atoms with Gasteiger partial charge in [0.05, 0.1) is 12.7 Å². The Morgan fingerprint density at radius 2 is 2.25 bits per heavy atom. The number of carbonyl (C=O) groups excluding carboxylic acids is 1. The van der Waals surface area contributed by atoms with Crippen LogP contribution in [0.1, 0.15) is 19.4 Å². The van der Waals surface area contributed by atoms with Gasteiger partial charge in [0.2, 0.25) is 0 Å². The zero-order valence-corrected chi connectivity index (χ0v) is 12.0. The van der Waals surface area contributed by atoms with Crippen LogP contribution < -0.4 is 10.1 Å². The first-order valence-electron chi connectivity index (χ1n) is 6.52. The van der Waals surface area contributed by atoms with Crippen LogP contribution in [0.5, 0.6) is 5.75 Å². The van der Waals surface area contributed by atoms with Gasteiger partial charge < -0.3 is 20.1 Å². The molecule has 0 aliphatic carbocycles. The summed E-state index contributed by atoms with van der Waals surface area (Å²) in [4.78, 5) is 13.1. The SMILES string of the molecule is CCOc1ccc(CNC(=O)N(C)CC(C)O)cc1F. The van der Waals surface area contributed by atoms with E-state index in [4.69, 9.17) is 4.74 Å². The molecule has 1 atom stereocenters. The van der Waals surface area contributed by atoms with Gasteiger partial charge >= 0.3 is 6.03 Å². The second-order valence-electron chi connectivity index (χ2n) is 4.59. The largest absolute Gasteiger partial charge is 0.491 e. The van der Waals surface area contributed by atoms with E-state index in [1.807, 2.05) is 0 Å². The van der Waals surface area contributed by atoms with E-state index >= 15 is 0 Å². The van der Waals surface area contributed by atoms with Gasteiger partial charge in [0.25, 0.3) is 0 Å². The maximum absolute atomic E-state index is 13.6. The number of halogens is 1. The van der Waals surface area contributed by atoms with Gasteiger partial charge in [0, 0.05) is 20.1 Å². The predicted octanol–water partition coefficient (Wildman–Crippen LogP) is 1.75. The van der Waals surface area contributed by atoms with Gasteiger partial charge in [-0.3, -0.25) is 0 Å². The minimum atomic E-state index is -0.589. The van der Waals surface area contributed by atoms with E-state index in [2.05, 4.69) is 5.32 Å². The zero-order chi connectivity index (χ0) is 15.1. The lowest BCUT2D eigenvalue weighted by Crippen LogP contribution is -2.40. The Balaban J connectivity index is 2.53. The number of hydrogen-bond donors (Lipinski definition) is 2. The molecule has 0 saturated carbocycles. The van der Waals surface area contributed by atoms with Crippen molar-refractivity contribution >= 4 is 6.03 Å². The number of likely N-dealkylation sites (N-methyl/N-ethyl adjacent to an activating group) is 1. The lowest BCUT2D eigenvalue weighted by atomic mass is 10.2. The number of nitrogens with one attached hydrogen (secondary N) is 1. The second-order valence-corrected chi connectivity index (χ2v) is 4.59. The number of ether oxygens (including phenoxy) is 1. The van der Waals surface area contributed by atoms with Crippen molar-refractivity contribution in [1.29, 1.82) is 0 Å². The molecule has 1 aromatic rings. The van der Waals surface area contributed by atoms with Crippen molar-refractivity contribution in [2.45, 2.75) is 26.5 Å². The van der Waals surface area contributed by atoms with E-state index in [1.54, 1.807) is 33.0 Å². The molecular formula is C14H21FN2O3. The third-order valence-electron chi connectivity index (χ3n) is 2.62. The summed E-state index contributed by atoms with van der Waals surface area (Å²) in [5.74, 6) is -0.246. The Morgan fingerprint density at radius 1 is 1.55 bits per heavy atom. The van der Waals surface area contributed by atoms with E-state index in [0.29, 0.717) is 12.2 Å². The van der Waals surface area contributed by atoms with Gasteiger partial charge in [0.15, 0.2) is 11.6 Å². The van der Waals surface area contributed by atoms with Gasteiger partial charge in [-0.1, -0.05) is 6.07 Å². The monoisotopic (exact) mass is 284 g/mol. The minimum Gasteiger partial charge on any atom is -0.491 e. The highest BCUT2D eigenvalue weighted by atomic mass is 19.1.